The highest BCUT2D eigenvalue weighted by molar-refractivity contribution is 5.95. The van der Waals surface area contributed by atoms with Crippen molar-refractivity contribution in [3.05, 3.63) is 35.5 Å². The molecular formula is C13H15NO2. The molecule has 0 spiro atoms. The second kappa shape index (κ2) is 4.00. The zero-order valence-corrected chi connectivity index (χ0v) is 9.78. The van der Waals surface area contributed by atoms with Crippen molar-refractivity contribution in [2.24, 2.45) is 7.05 Å². The van der Waals surface area contributed by atoms with Gasteiger partial charge in [-0.1, -0.05) is 11.6 Å². The van der Waals surface area contributed by atoms with E-state index in [0.717, 1.165) is 10.9 Å². The van der Waals surface area contributed by atoms with E-state index in [0.29, 0.717) is 12.3 Å². The Morgan fingerprint density at radius 3 is 2.81 bits per heavy atom. The Kier molecular flexibility index (Phi) is 2.69. The van der Waals surface area contributed by atoms with Gasteiger partial charge in [-0.05, 0) is 32.0 Å². The molecule has 2 rings (SSSR count). The van der Waals surface area contributed by atoms with Gasteiger partial charge < -0.3 is 9.30 Å². The van der Waals surface area contributed by atoms with Crippen LogP contribution < -0.4 is 0 Å². The van der Waals surface area contributed by atoms with Gasteiger partial charge in [0.2, 0.25) is 0 Å². The number of fused-ring (bicyclic) bond motifs is 1. The molecular weight excluding hydrogens is 202 g/mol. The number of hydrogen-bond donors (Lipinski definition) is 0. The maximum absolute atomic E-state index is 11.7. The Hall–Kier alpha value is -1.77. The summed E-state index contributed by atoms with van der Waals surface area (Å²) in [6.07, 6.45) is 0. The summed E-state index contributed by atoms with van der Waals surface area (Å²) in [6, 6.07) is 8.00. The molecule has 0 aliphatic heterocycles. The first-order valence-corrected chi connectivity index (χ1v) is 5.36. The first kappa shape index (κ1) is 10.7. The number of aromatic nitrogens is 1. The fraction of sp³-hybridized carbons (Fsp3) is 0.308. The molecule has 0 aliphatic rings. The number of aryl methyl sites for hydroxylation is 2. The number of carbonyl (C=O) groups excluding carboxylic acids is 1. The minimum Gasteiger partial charge on any atom is -0.461 e. The molecule has 1 heterocycles. The number of ether oxygens (including phenoxy) is 1. The molecule has 0 saturated carbocycles. The van der Waals surface area contributed by atoms with Gasteiger partial charge in [0.15, 0.2) is 0 Å². The van der Waals surface area contributed by atoms with Crippen molar-refractivity contribution >= 4 is 16.9 Å². The van der Waals surface area contributed by atoms with Gasteiger partial charge in [-0.2, -0.15) is 0 Å². The SMILES string of the molecule is CCOC(=O)c1cc2cc(C)ccc2n1C. The summed E-state index contributed by atoms with van der Waals surface area (Å²) < 4.78 is 6.88. The molecule has 0 radical (unpaired) electrons. The van der Waals surface area contributed by atoms with E-state index >= 15 is 0 Å². The lowest BCUT2D eigenvalue weighted by Gasteiger charge is -2.03. The molecule has 0 aliphatic carbocycles. The molecule has 0 fully saturated rings. The zero-order chi connectivity index (χ0) is 11.7. The van der Waals surface area contributed by atoms with Crippen molar-refractivity contribution in [1.82, 2.24) is 4.57 Å². The molecule has 0 atom stereocenters. The third kappa shape index (κ3) is 1.69. The number of esters is 1. The van der Waals surface area contributed by atoms with Crippen molar-refractivity contribution in [2.45, 2.75) is 13.8 Å². The Balaban J connectivity index is 2.55. The molecule has 0 N–H and O–H groups in total. The third-order valence-corrected chi connectivity index (χ3v) is 2.68. The maximum atomic E-state index is 11.7. The highest BCUT2D eigenvalue weighted by Crippen LogP contribution is 2.20. The average Bonchev–Trinajstić information content (AvgIpc) is 2.56. The second-order valence-corrected chi connectivity index (χ2v) is 3.87. The van der Waals surface area contributed by atoms with E-state index in [2.05, 4.69) is 6.07 Å². The summed E-state index contributed by atoms with van der Waals surface area (Å²) >= 11 is 0. The normalized spacial score (nSPS) is 10.7. The van der Waals surface area contributed by atoms with Crippen LogP contribution in [0.1, 0.15) is 23.0 Å². The minimum atomic E-state index is -0.265. The van der Waals surface area contributed by atoms with E-state index < -0.39 is 0 Å². The maximum Gasteiger partial charge on any atom is 0.354 e. The lowest BCUT2D eigenvalue weighted by atomic mass is 10.2. The van der Waals surface area contributed by atoms with Gasteiger partial charge in [0, 0.05) is 18.0 Å². The summed E-state index contributed by atoms with van der Waals surface area (Å²) in [4.78, 5) is 11.7. The summed E-state index contributed by atoms with van der Waals surface area (Å²) in [6.45, 7) is 4.25. The summed E-state index contributed by atoms with van der Waals surface area (Å²) in [5.74, 6) is -0.265. The highest BCUT2D eigenvalue weighted by Gasteiger charge is 2.13. The molecule has 1 aromatic carbocycles. The molecule has 3 heteroatoms. The quantitative estimate of drug-likeness (QED) is 0.724. The van der Waals surface area contributed by atoms with Crippen LogP contribution in [0, 0.1) is 6.92 Å². The molecule has 2 aromatic rings. The van der Waals surface area contributed by atoms with Gasteiger partial charge in [-0.25, -0.2) is 4.79 Å². The van der Waals surface area contributed by atoms with Gasteiger partial charge in [-0.3, -0.25) is 0 Å². The zero-order valence-electron chi connectivity index (χ0n) is 9.78. The van der Waals surface area contributed by atoms with Crippen LogP contribution in [-0.2, 0) is 11.8 Å². The standard InChI is InChI=1S/C13H15NO2/c1-4-16-13(15)12-8-10-7-9(2)5-6-11(10)14(12)3/h5-8H,4H2,1-3H3. The van der Waals surface area contributed by atoms with Crippen LogP contribution >= 0.6 is 0 Å². The van der Waals surface area contributed by atoms with Crippen LogP contribution in [0.5, 0.6) is 0 Å². The molecule has 84 valence electrons. The molecule has 0 bridgehead atoms. The average molecular weight is 217 g/mol. The Morgan fingerprint density at radius 1 is 1.38 bits per heavy atom. The minimum absolute atomic E-state index is 0.265. The summed E-state index contributed by atoms with van der Waals surface area (Å²) in [5.41, 5.74) is 2.84. The number of nitrogens with zero attached hydrogens (tertiary/aromatic N) is 1. The van der Waals surface area contributed by atoms with Crippen LogP contribution in [0.2, 0.25) is 0 Å². The second-order valence-electron chi connectivity index (χ2n) is 3.87. The summed E-state index contributed by atoms with van der Waals surface area (Å²) in [5, 5.41) is 1.07. The predicted octanol–water partition coefficient (Wildman–Crippen LogP) is 2.66. The first-order valence-electron chi connectivity index (χ1n) is 5.36. The van der Waals surface area contributed by atoms with Crippen molar-refractivity contribution in [3.8, 4) is 0 Å². The molecule has 1 aromatic heterocycles. The van der Waals surface area contributed by atoms with E-state index in [9.17, 15) is 4.79 Å². The van der Waals surface area contributed by atoms with Gasteiger partial charge in [0.25, 0.3) is 0 Å². The number of hydrogen-bond acceptors (Lipinski definition) is 2. The molecule has 0 unspecified atom stereocenters. The monoisotopic (exact) mass is 217 g/mol. The van der Waals surface area contributed by atoms with Crippen LogP contribution in [0.3, 0.4) is 0 Å². The lowest BCUT2D eigenvalue weighted by Crippen LogP contribution is -2.09. The highest BCUT2D eigenvalue weighted by atomic mass is 16.5. The molecule has 3 nitrogen and oxygen atoms in total. The Bertz CT molecular complexity index is 540. The first-order chi connectivity index (χ1) is 7.63. The van der Waals surface area contributed by atoms with Crippen LogP contribution in [0.4, 0.5) is 0 Å². The van der Waals surface area contributed by atoms with Crippen molar-refractivity contribution in [3.63, 3.8) is 0 Å². The van der Waals surface area contributed by atoms with Gasteiger partial charge >= 0.3 is 5.97 Å². The van der Waals surface area contributed by atoms with E-state index in [1.807, 2.05) is 43.7 Å². The summed E-state index contributed by atoms with van der Waals surface area (Å²) in [7, 11) is 1.88. The predicted molar refractivity (Wildman–Crippen MR) is 63.6 cm³/mol. The van der Waals surface area contributed by atoms with E-state index in [1.54, 1.807) is 0 Å². The Morgan fingerprint density at radius 2 is 2.12 bits per heavy atom. The van der Waals surface area contributed by atoms with E-state index in [4.69, 9.17) is 4.74 Å². The molecule has 16 heavy (non-hydrogen) atoms. The molecule has 0 saturated heterocycles. The number of carbonyl (C=O) groups is 1. The van der Waals surface area contributed by atoms with E-state index in [-0.39, 0.29) is 5.97 Å². The fourth-order valence-corrected chi connectivity index (χ4v) is 1.87. The van der Waals surface area contributed by atoms with Crippen LogP contribution in [0.15, 0.2) is 24.3 Å². The van der Waals surface area contributed by atoms with Gasteiger partial charge in [0.1, 0.15) is 5.69 Å². The smallest absolute Gasteiger partial charge is 0.354 e. The van der Waals surface area contributed by atoms with E-state index in [1.165, 1.54) is 5.56 Å². The van der Waals surface area contributed by atoms with Crippen molar-refractivity contribution in [2.75, 3.05) is 6.61 Å². The molecule has 0 amide bonds. The fourth-order valence-electron chi connectivity index (χ4n) is 1.87. The third-order valence-electron chi connectivity index (χ3n) is 2.68. The van der Waals surface area contributed by atoms with Gasteiger partial charge in [0.05, 0.1) is 6.61 Å². The topological polar surface area (TPSA) is 31.2 Å². The largest absolute Gasteiger partial charge is 0.461 e. The van der Waals surface area contributed by atoms with Crippen molar-refractivity contribution < 1.29 is 9.53 Å². The number of benzene rings is 1. The van der Waals surface area contributed by atoms with Crippen LogP contribution in [-0.4, -0.2) is 17.1 Å². The van der Waals surface area contributed by atoms with Crippen molar-refractivity contribution in [1.29, 1.82) is 0 Å². The van der Waals surface area contributed by atoms with Crippen LogP contribution in [0.25, 0.3) is 10.9 Å². The van der Waals surface area contributed by atoms with Gasteiger partial charge in [-0.15, -0.1) is 0 Å². The lowest BCUT2D eigenvalue weighted by molar-refractivity contribution is 0.0516. The Labute approximate surface area is 94.6 Å². The number of rotatable bonds is 2.